The van der Waals surface area contributed by atoms with Crippen molar-refractivity contribution in [3.63, 3.8) is 0 Å². The van der Waals surface area contributed by atoms with E-state index >= 15 is 0 Å². The molecule has 0 aliphatic rings. The summed E-state index contributed by atoms with van der Waals surface area (Å²) in [4.78, 5) is 8.57. The number of nitrogens with two attached hydrogens (primary N) is 1. The molecule has 2 rings (SSSR count). The molecule has 5 heteroatoms. The van der Waals surface area contributed by atoms with Gasteiger partial charge in [-0.1, -0.05) is 23.9 Å². The lowest BCUT2D eigenvalue weighted by molar-refractivity contribution is 0.415. The fourth-order valence-electron chi connectivity index (χ4n) is 1.47. The smallest absolute Gasteiger partial charge is 0.159 e. The highest BCUT2D eigenvalue weighted by molar-refractivity contribution is 8.13. The van der Waals surface area contributed by atoms with Crippen molar-refractivity contribution in [2.24, 2.45) is 10.7 Å². The molecule has 0 bridgehead atoms. The number of rotatable bonds is 4. The van der Waals surface area contributed by atoms with E-state index in [1.165, 1.54) is 11.8 Å². The number of hydrogen-bond donors (Lipinski definition) is 1. The molecular formula is C14H15N3OS. The zero-order valence-electron chi connectivity index (χ0n) is 10.6. The van der Waals surface area contributed by atoms with E-state index in [1.807, 2.05) is 42.5 Å². The average molecular weight is 273 g/mol. The third kappa shape index (κ3) is 4.30. The van der Waals surface area contributed by atoms with Crippen LogP contribution in [0.4, 0.5) is 5.69 Å². The Morgan fingerprint density at radius 2 is 2.21 bits per heavy atom. The van der Waals surface area contributed by atoms with Crippen molar-refractivity contribution in [2.45, 2.75) is 5.75 Å². The van der Waals surface area contributed by atoms with E-state index in [2.05, 4.69) is 9.98 Å². The van der Waals surface area contributed by atoms with E-state index in [0.29, 0.717) is 10.9 Å². The van der Waals surface area contributed by atoms with Gasteiger partial charge in [-0.2, -0.15) is 0 Å². The van der Waals surface area contributed by atoms with Crippen LogP contribution in [-0.4, -0.2) is 17.3 Å². The number of ether oxygens (including phenoxy) is 1. The van der Waals surface area contributed by atoms with Crippen LogP contribution >= 0.6 is 11.8 Å². The number of benzene rings is 1. The second kappa shape index (κ2) is 6.80. The van der Waals surface area contributed by atoms with Gasteiger partial charge in [0.1, 0.15) is 5.75 Å². The first kappa shape index (κ1) is 13.4. The van der Waals surface area contributed by atoms with Crippen LogP contribution < -0.4 is 10.5 Å². The Hall–Kier alpha value is -2.01. The maximum Gasteiger partial charge on any atom is 0.159 e. The van der Waals surface area contributed by atoms with Gasteiger partial charge in [-0.15, -0.1) is 0 Å². The lowest BCUT2D eigenvalue weighted by atomic mass is 10.3. The van der Waals surface area contributed by atoms with Gasteiger partial charge < -0.3 is 10.5 Å². The molecule has 0 spiro atoms. The van der Waals surface area contributed by atoms with Gasteiger partial charge in [-0.3, -0.25) is 4.98 Å². The Morgan fingerprint density at radius 1 is 1.32 bits per heavy atom. The Kier molecular flexibility index (Phi) is 4.80. The van der Waals surface area contributed by atoms with Crippen molar-refractivity contribution in [1.82, 2.24) is 4.98 Å². The number of hydrogen-bond acceptors (Lipinski definition) is 4. The Bertz CT molecular complexity index is 558. The van der Waals surface area contributed by atoms with Gasteiger partial charge in [0, 0.05) is 18.0 Å². The molecule has 0 aliphatic carbocycles. The van der Waals surface area contributed by atoms with Crippen molar-refractivity contribution in [2.75, 3.05) is 7.11 Å². The molecule has 0 saturated carbocycles. The van der Waals surface area contributed by atoms with Crippen LogP contribution in [-0.2, 0) is 5.75 Å². The topological polar surface area (TPSA) is 60.5 Å². The maximum atomic E-state index is 5.89. The van der Waals surface area contributed by atoms with E-state index in [0.717, 1.165) is 17.1 Å². The number of methoxy groups -OCH3 is 1. The molecule has 2 N–H and O–H groups in total. The second-order valence-corrected chi connectivity index (χ2v) is 4.76. The molecule has 1 heterocycles. The number of thioether (sulfide) groups is 1. The number of nitrogens with zero attached hydrogens (tertiary/aromatic N) is 2. The summed E-state index contributed by atoms with van der Waals surface area (Å²) in [5, 5.41) is 0.513. The molecule has 1 aromatic carbocycles. The van der Waals surface area contributed by atoms with Gasteiger partial charge in [0.05, 0.1) is 18.5 Å². The molecule has 0 radical (unpaired) electrons. The minimum absolute atomic E-state index is 0.513. The molecule has 0 saturated heterocycles. The number of pyridine rings is 1. The Balaban J connectivity index is 1.98. The third-order valence-electron chi connectivity index (χ3n) is 2.39. The predicted molar refractivity (Wildman–Crippen MR) is 79.8 cm³/mol. The first-order chi connectivity index (χ1) is 9.28. The van der Waals surface area contributed by atoms with Crippen molar-refractivity contribution in [1.29, 1.82) is 0 Å². The maximum absolute atomic E-state index is 5.89. The summed E-state index contributed by atoms with van der Waals surface area (Å²) in [6.07, 6.45) is 1.77. The van der Waals surface area contributed by atoms with Crippen LogP contribution in [0.3, 0.4) is 0 Å². The second-order valence-electron chi connectivity index (χ2n) is 3.76. The number of aliphatic imine (C=N–C) groups is 1. The highest BCUT2D eigenvalue weighted by Crippen LogP contribution is 2.21. The molecule has 0 atom stereocenters. The summed E-state index contributed by atoms with van der Waals surface area (Å²) >= 11 is 1.46. The zero-order chi connectivity index (χ0) is 13.5. The first-order valence-corrected chi connectivity index (χ1v) is 6.77. The molecule has 0 unspecified atom stereocenters. The van der Waals surface area contributed by atoms with Gasteiger partial charge in [-0.25, -0.2) is 4.99 Å². The van der Waals surface area contributed by atoms with E-state index in [1.54, 1.807) is 13.3 Å². The van der Waals surface area contributed by atoms with Crippen molar-refractivity contribution < 1.29 is 4.74 Å². The number of amidine groups is 1. The molecule has 0 fully saturated rings. The normalized spacial score (nSPS) is 11.3. The van der Waals surface area contributed by atoms with Crippen molar-refractivity contribution in [3.05, 3.63) is 54.4 Å². The average Bonchev–Trinajstić information content (AvgIpc) is 2.46. The van der Waals surface area contributed by atoms with Crippen LogP contribution in [0.15, 0.2) is 53.7 Å². The molecule has 98 valence electrons. The fraction of sp³-hybridized carbons (Fsp3) is 0.143. The quantitative estimate of drug-likeness (QED) is 0.687. The van der Waals surface area contributed by atoms with Gasteiger partial charge >= 0.3 is 0 Å². The van der Waals surface area contributed by atoms with E-state index < -0.39 is 0 Å². The van der Waals surface area contributed by atoms with Crippen LogP contribution in [0, 0.1) is 0 Å². The van der Waals surface area contributed by atoms with Crippen LogP contribution in [0.5, 0.6) is 5.75 Å². The molecule has 19 heavy (non-hydrogen) atoms. The largest absolute Gasteiger partial charge is 0.497 e. The van der Waals surface area contributed by atoms with E-state index in [4.69, 9.17) is 10.5 Å². The van der Waals surface area contributed by atoms with Crippen molar-refractivity contribution >= 4 is 22.6 Å². The monoisotopic (exact) mass is 273 g/mol. The summed E-state index contributed by atoms with van der Waals surface area (Å²) in [6, 6.07) is 13.3. The molecule has 4 nitrogen and oxygen atoms in total. The van der Waals surface area contributed by atoms with Gasteiger partial charge in [0.15, 0.2) is 5.17 Å². The molecule has 2 aromatic rings. The molecule has 0 aliphatic heterocycles. The SMILES string of the molecule is COc1cccc(N=C(N)SCc2ccccn2)c1. The third-order valence-corrected chi connectivity index (χ3v) is 3.21. The van der Waals surface area contributed by atoms with Gasteiger partial charge in [-0.05, 0) is 24.3 Å². The highest BCUT2D eigenvalue weighted by Gasteiger charge is 1.99. The molecular weight excluding hydrogens is 258 g/mol. The predicted octanol–water partition coefficient (Wildman–Crippen LogP) is 2.97. The van der Waals surface area contributed by atoms with Crippen LogP contribution in [0.25, 0.3) is 0 Å². The Labute approximate surface area is 116 Å². The van der Waals surface area contributed by atoms with E-state index in [-0.39, 0.29) is 0 Å². The summed E-state index contributed by atoms with van der Waals surface area (Å²) < 4.78 is 5.14. The molecule has 0 amide bonds. The lowest BCUT2D eigenvalue weighted by Gasteiger charge is -2.02. The minimum Gasteiger partial charge on any atom is -0.497 e. The fourth-order valence-corrected chi connectivity index (χ4v) is 2.11. The zero-order valence-corrected chi connectivity index (χ0v) is 11.4. The summed E-state index contributed by atoms with van der Waals surface area (Å²) in [6.45, 7) is 0. The van der Waals surface area contributed by atoms with Gasteiger partial charge in [0.2, 0.25) is 0 Å². The van der Waals surface area contributed by atoms with Crippen LogP contribution in [0.1, 0.15) is 5.69 Å². The number of aromatic nitrogens is 1. The lowest BCUT2D eigenvalue weighted by Crippen LogP contribution is -2.06. The Morgan fingerprint density at radius 3 is 2.95 bits per heavy atom. The van der Waals surface area contributed by atoms with Crippen molar-refractivity contribution in [3.8, 4) is 5.75 Å². The van der Waals surface area contributed by atoms with Gasteiger partial charge in [0.25, 0.3) is 0 Å². The standard InChI is InChI=1S/C14H15N3OS/c1-18-13-7-4-6-11(9-13)17-14(15)19-10-12-5-2-3-8-16-12/h2-9H,10H2,1H3,(H2,15,17). The first-order valence-electron chi connectivity index (χ1n) is 5.79. The summed E-state index contributed by atoms with van der Waals surface area (Å²) in [5.41, 5.74) is 7.65. The summed E-state index contributed by atoms with van der Waals surface area (Å²) in [7, 11) is 1.63. The minimum atomic E-state index is 0.513. The van der Waals surface area contributed by atoms with E-state index in [9.17, 15) is 0 Å². The summed E-state index contributed by atoms with van der Waals surface area (Å²) in [5.74, 6) is 1.48. The van der Waals surface area contributed by atoms with Crippen LogP contribution in [0.2, 0.25) is 0 Å². The molecule has 1 aromatic heterocycles. The highest BCUT2D eigenvalue weighted by atomic mass is 32.2.